The summed E-state index contributed by atoms with van der Waals surface area (Å²) in [6, 6.07) is 10.2. The second-order valence-electron chi connectivity index (χ2n) is 7.23. The highest BCUT2D eigenvalue weighted by Crippen LogP contribution is 2.28. The van der Waals surface area contributed by atoms with Crippen LogP contribution in [-0.4, -0.2) is 70.3 Å². The van der Waals surface area contributed by atoms with Crippen LogP contribution < -0.4 is 10.2 Å². The minimum absolute atomic E-state index is 0.251. The number of hydrogen-bond donors (Lipinski definition) is 1. The van der Waals surface area contributed by atoms with E-state index in [9.17, 15) is 14.4 Å². The topological polar surface area (TPSA) is 98.7 Å². The van der Waals surface area contributed by atoms with Crippen LogP contribution in [0.2, 0.25) is 0 Å². The Labute approximate surface area is 168 Å². The van der Waals surface area contributed by atoms with Crippen LogP contribution in [0.5, 0.6) is 0 Å². The molecule has 9 heteroatoms. The van der Waals surface area contributed by atoms with Crippen LogP contribution in [0.15, 0.2) is 48.8 Å². The van der Waals surface area contributed by atoms with E-state index >= 15 is 0 Å². The summed E-state index contributed by atoms with van der Waals surface area (Å²) in [5.41, 5.74) is -0.480. The number of imide groups is 1. The van der Waals surface area contributed by atoms with Crippen molar-refractivity contribution in [3.8, 4) is 0 Å². The first-order valence-electron chi connectivity index (χ1n) is 9.48. The molecule has 1 aromatic heterocycles. The van der Waals surface area contributed by atoms with Crippen molar-refractivity contribution in [3.05, 3.63) is 54.4 Å². The van der Waals surface area contributed by atoms with Crippen LogP contribution in [0.4, 0.5) is 10.7 Å². The van der Waals surface area contributed by atoms with Gasteiger partial charge in [-0.05, 0) is 18.6 Å². The molecule has 0 unspecified atom stereocenters. The van der Waals surface area contributed by atoms with Crippen molar-refractivity contribution in [2.24, 2.45) is 0 Å². The molecule has 2 aliphatic rings. The van der Waals surface area contributed by atoms with Gasteiger partial charge in [0.15, 0.2) is 0 Å². The SMILES string of the molecule is C[C@]1(c2ccccc2)NC(=O)N(CC(=O)N2CCN(c3ncccn3)CC2)C1=O. The van der Waals surface area contributed by atoms with Gasteiger partial charge in [0.2, 0.25) is 11.9 Å². The van der Waals surface area contributed by atoms with Crippen LogP contribution in [0.3, 0.4) is 0 Å². The molecule has 2 aromatic rings. The van der Waals surface area contributed by atoms with Crippen molar-refractivity contribution in [2.45, 2.75) is 12.5 Å². The monoisotopic (exact) mass is 394 g/mol. The number of benzene rings is 1. The molecule has 3 heterocycles. The van der Waals surface area contributed by atoms with Crippen molar-refractivity contribution in [2.75, 3.05) is 37.6 Å². The van der Waals surface area contributed by atoms with Crippen LogP contribution in [0.1, 0.15) is 12.5 Å². The predicted octanol–water partition coefficient (Wildman–Crippen LogP) is 0.592. The van der Waals surface area contributed by atoms with E-state index in [1.807, 2.05) is 23.1 Å². The van der Waals surface area contributed by atoms with Gasteiger partial charge in [-0.2, -0.15) is 0 Å². The molecule has 2 fully saturated rings. The molecule has 1 atom stereocenters. The zero-order valence-corrected chi connectivity index (χ0v) is 16.1. The molecule has 0 aliphatic carbocycles. The molecule has 0 saturated carbocycles. The zero-order chi connectivity index (χ0) is 20.4. The maximum atomic E-state index is 12.9. The van der Waals surface area contributed by atoms with Gasteiger partial charge in [-0.1, -0.05) is 30.3 Å². The molecule has 4 rings (SSSR count). The second kappa shape index (κ2) is 7.50. The van der Waals surface area contributed by atoms with E-state index in [2.05, 4.69) is 15.3 Å². The van der Waals surface area contributed by atoms with Crippen LogP contribution >= 0.6 is 0 Å². The van der Waals surface area contributed by atoms with Crippen molar-refractivity contribution >= 4 is 23.8 Å². The van der Waals surface area contributed by atoms with Gasteiger partial charge < -0.3 is 15.1 Å². The summed E-state index contributed by atoms with van der Waals surface area (Å²) in [4.78, 5) is 51.2. The molecule has 2 saturated heterocycles. The van der Waals surface area contributed by atoms with Gasteiger partial charge in [-0.15, -0.1) is 0 Å². The van der Waals surface area contributed by atoms with Crippen molar-refractivity contribution in [1.82, 2.24) is 25.1 Å². The molecule has 1 aromatic carbocycles. The van der Waals surface area contributed by atoms with Crippen LogP contribution in [0.25, 0.3) is 0 Å². The van der Waals surface area contributed by atoms with Gasteiger partial charge in [0, 0.05) is 38.6 Å². The Bertz CT molecular complexity index is 914. The van der Waals surface area contributed by atoms with Gasteiger partial charge in [-0.3, -0.25) is 14.5 Å². The molecule has 4 amide bonds. The third kappa shape index (κ3) is 3.51. The summed E-state index contributed by atoms with van der Waals surface area (Å²) in [5.74, 6) is -0.0369. The van der Waals surface area contributed by atoms with E-state index < -0.39 is 17.5 Å². The molecular weight excluding hydrogens is 372 g/mol. The maximum Gasteiger partial charge on any atom is 0.325 e. The molecule has 29 heavy (non-hydrogen) atoms. The fourth-order valence-electron chi connectivity index (χ4n) is 3.65. The van der Waals surface area contributed by atoms with Gasteiger partial charge >= 0.3 is 6.03 Å². The number of amides is 4. The van der Waals surface area contributed by atoms with E-state index in [1.165, 1.54) is 0 Å². The number of piperazine rings is 1. The fraction of sp³-hybridized carbons (Fsp3) is 0.350. The number of nitrogens with zero attached hydrogens (tertiary/aromatic N) is 5. The first-order valence-corrected chi connectivity index (χ1v) is 9.48. The van der Waals surface area contributed by atoms with Crippen molar-refractivity contribution in [1.29, 1.82) is 0 Å². The minimum atomic E-state index is -1.16. The predicted molar refractivity (Wildman–Crippen MR) is 105 cm³/mol. The Morgan fingerprint density at radius 3 is 2.34 bits per heavy atom. The van der Waals surface area contributed by atoms with Gasteiger partial charge in [0.25, 0.3) is 5.91 Å². The molecule has 2 aliphatic heterocycles. The highest BCUT2D eigenvalue weighted by Gasteiger charge is 2.49. The lowest BCUT2D eigenvalue weighted by molar-refractivity contribution is -0.139. The summed E-state index contributed by atoms with van der Waals surface area (Å²) in [6.45, 7) is 3.54. The average molecular weight is 394 g/mol. The number of carbonyl (C=O) groups is 3. The highest BCUT2D eigenvalue weighted by atomic mass is 16.2. The lowest BCUT2D eigenvalue weighted by Crippen LogP contribution is -2.52. The van der Waals surface area contributed by atoms with E-state index in [0.29, 0.717) is 37.7 Å². The Hall–Kier alpha value is -3.49. The van der Waals surface area contributed by atoms with Crippen molar-refractivity contribution < 1.29 is 14.4 Å². The number of anilines is 1. The highest BCUT2D eigenvalue weighted by molar-refractivity contribution is 6.09. The summed E-state index contributed by atoms with van der Waals surface area (Å²) >= 11 is 0. The van der Waals surface area contributed by atoms with E-state index in [1.54, 1.807) is 42.4 Å². The number of urea groups is 1. The zero-order valence-electron chi connectivity index (χ0n) is 16.1. The molecular formula is C20H22N6O3. The number of hydrogen-bond acceptors (Lipinski definition) is 6. The molecule has 9 nitrogen and oxygen atoms in total. The summed E-state index contributed by atoms with van der Waals surface area (Å²) < 4.78 is 0. The van der Waals surface area contributed by atoms with Crippen LogP contribution in [-0.2, 0) is 15.1 Å². The lowest BCUT2D eigenvalue weighted by atomic mass is 9.92. The van der Waals surface area contributed by atoms with E-state index in [-0.39, 0.29) is 12.5 Å². The number of carbonyl (C=O) groups excluding carboxylic acids is 3. The van der Waals surface area contributed by atoms with Gasteiger partial charge in [0.1, 0.15) is 12.1 Å². The smallest absolute Gasteiger partial charge is 0.325 e. The minimum Gasteiger partial charge on any atom is -0.338 e. The number of nitrogens with one attached hydrogen (secondary N) is 1. The molecule has 150 valence electrons. The Morgan fingerprint density at radius 1 is 1.03 bits per heavy atom. The lowest BCUT2D eigenvalue weighted by Gasteiger charge is -2.35. The first kappa shape index (κ1) is 18.9. The van der Waals surface area contributed by atoms with Gasteiger partial charge in [0.05, 0.1) is 0 Å². The number of aromatic nitrogens is 2. The third-order valence-corrected chi connectivity index (χ3v) is 5.39. The third-order valence-electron chi connectivity index (χ3n) is 5.39. The van der Waals surface area contributed by atoms with Gasteiger partial charge in [-0.25, -0.2) is 14.8 Å². The average Bonchev–Trinajstić information content (AvgIpc) is 2.99. The van der Waals surface area contributed by atoms with Crippen LogP contribution in [0, 0.1) is 0 Å². The maximum absolute atomic E-state index is 12.9. The largest absolute Gasteiger partial charge is 0.338 e. The second-order valence-corrected chi connectivity index (χ2v) is 7.23. The normalized spacial score (nSPS) is 22.0. The van der Waals surface area contributed by atoms with Crippen molar-refractivity contribution in [3.63, 3.8) is 0 Å². The number of rotatable bonds is 4. The Balaban J connectivity index is 1.39. The molecule has 0 spiro atoms. The summed E-state index contributed by atoms with van der Waals surface area (Å²) in [7, 11) is 0. The molecule has 0 radical (unpaired) electrons. The summed E-state index contributed by atoms with van der Waals surface area (Å²) in [5, 5.41) is 2.73. The quantitative estimate of drug-likeness (QED) is 0.763. The molecule has 1 N–H and O–H groups in total. The Morgan fingerprint density at radius 2 is 1.69 bits per heavy atom. The van der Waals surface area contributed by atoms with E-state index in [0.717, 1.165) is 4.90 Å². The standard InChI is InChI=1S/C20H22N6O3/c1-20(15-6-3-2-4-7-15)17(28)26(19(29)23-20)14-16(27)24-10-12-25(13-11-24)18-21-8-5-9-22-18/h2-9H,10-14H2,1H3,(H,23,29)/t20-/m1/s1. The summed E-state index contributed by atoms with van der Waals surface area (Å²) in [6.07, 6.45) is 3.36. The Kier molecular flexibility index (Phi) is 4.87. The van der Waals surface area contributed by atoms with E-state index in [4.69, 9.17) is 0 Å². The first-order chi connectivity index (χ1) is 14.0. The fourth-order valence-corrected chi connectivity index (χ4v) is 3.65. The molecule has 0 bridgehead atoms.